The molecule has 25 heavy (non-hydrogen) atoms. The standard InChI is InChI=1S/C16H20O9/c1-23-10-6-8(2-4-9(10)17)3-5-12(18)24-7-11-13(19)14(20)15(21)16(22)25-11/h2-6,11,13-17,19-22H,7H2,1H3/b5-3+/t11-,13-,14+,15-,16?/m1/s1. The van der Waals surface area contributed by atoms with Gasteiger partial charge in [-0.15, -0.1) is 0 Å². The summed E-state index contributed by atoms with van der Waals surface area (Å²) in [5, 5.41) is 47.5. The van der Waals surface area contributed by atoms with Gasteiger partial charge in [0.2, 0.25) is 0 Å². The fourth-order valence-electron chi connectivity index (χ4n) is 2.24. The van der Waals surface area contributed by atoms with Crippen molar-refractivity contribution in [3.8, 4) is 11.5 Å². The van der Waals surface area contributed by atoms with E-state index in [9.17, 15) is 30.3 Å². The summed E-state index contributed by atoms with van der Waals surface area (Å²) < 4.78 is 14.7. The van der Waals surface area contributed by atoms with Gasteiger partial charge in [0.1, 0.15) is 31.0 Å². The third kappa shape index (κ3) is 4.68. The lowest BCUT2D eigenvalue weighted by Gasteiger charge is -2.37. The molecule has 9 heteroatoms. The number of phenolic OH excluding ortho intramolecular Hbond substituents is 1. The van der Waals surface area contributed by atoms with Crippen molar-refractivity contribution in [1.82, 2.24) is 0 Å². The van der Waals surface area contributed by atoms with Crippen molar-refractivity contribution in [3.05, 3.63) is 29.8 Å². The number of hydrogen-bond donors (Lipinski definition) is 5. The summed E-state index contributed by atoms with van der Waals surface area (Å²) in [6.07, 6.45) is -5.12. The van der Waals surface area contributed by atoms with Crippen LogP contribution in [0.1, 0.15) is 5.56 Å². The average Bonchev–Trinajstić information content (AvgIpc) is 2.61. The van der Waals surface area contributed by atoms with E-state index in [1.807, 2.05) is 0 Å². The summed E-state index contributed by atoms with van der Waals surface area (Å²) in [4.78, 5) is 11.7. The molecule has 5 atom stereocenters. The average molecular weight is 356 g/mol. The van der Waals surface area contributed by atoms with Crippen LogP contribution in [-0.2, 0) is 14.3 Å². The van der Waals surface area contributed by atoms with Gasteiger partial charge in [-0.1, -0.05) is 6.07 Å². The summed E-state index contributed by atoms with van der Waals surface area (Å²) in [7, 11) is 1.39. The van der Waals surface area contributed by atoms with Crippen LogP contribution in [0.4, 0.5) is 0 Å². The van der Waals surface area contributed by atoms with E-state index < -0.39 is 43.3 Å². The summed E-state index contributed by atoms with van der Waals surface area (Å²) in [5.74, 6) is -0.543. The molecule has 1 aliphatic heterocycles. The number of rotatable bonds is 5. The number of aliphatic hydroxyl groups excluding tert-OH is 4. The summed E-state index contributed by atoms with van der Waals surface area (Å²) >= 11 is 0. The molecule has 0 aliphatic carbocycles. The molecule has 1 aromatic carbocycles. The van der Waals surface area contributed by atoms with Gasteiger partial charge >= 0.3 is 5.97 Å². The highest BCUT2D eigenvalue weighted by molar-refractivity contribution is 5.87. The van der Waals surface area contributed by atoms with Crippen molar-refractivity contribution in [2.24, 2.45) is 0 Å². The first-order valence-electron chi connectivity index (χ1n) is 7.43. The monoisotopic (exact) mass is 356 g/mol. The number of carbonyl (C=O) groups is 1. The summed E-state index contributed by atoms with van der Waals surface area (Å²) in [5.41, 5.74) is 0.578. The van der Waals surface area contributed by atoms with Crippen molar-refractivity contribution in [2.45, 2.75) is 30.7 Å². The molecule has 0 amide bonds. The lowest BCUT2D eigenvalue weighted by atomic mass is 9.99. The predicted octanol–water partition coefficient (Wildman–Crippen LogP) is -1.24. The largest absolute Gasteiger partial charge is 0.504 e. The smallest absolute Gasteiger partial charge is 0.330 e. The summed E-state index contributed by atoms with van der Waals surface area (Å²) in [6, 6.07) is 4.48. The van der Waals surface area contributed by atoms with Crippen molar-refractivity contribution >= 4 is 12.0 Å². The number of aromatic hydroxyl groups is 1. The molecule has 0 saturated carbocycles. The van der Waals surface area contributed by atoms with E-state index >= 15 is 0 Å². The van der Waals surface area contributed by atoms with Gasteiger partial charge in [0, 0.05) is 6.08 Å². The van der Waals surface area contributed by atoms with Crippen LogP contribution in [0, 0.1) is 0 Å². The highest BCUT2D eigenvalue weighted by Crippen LogP contribution is 2.26. The molecule has 1 saturated heterocycles. The molecule has 0 spiro atoms. The van der Waals surface area contributed by atoms with Gasteiger partial charge in [-0.2, -0.15) is 0 Å². The Morgan fingerprint density at radius 3 is 2.60 bits per heavy atom. The first-order valence-corrected chi connectivity index (χ1v) is 7.43. The normalized spacial score (nSPS) is 29.6. The van der Waals surface area contributed by atoms with E-state index in [2.05, 4.69) is 0 Å². The molecule has 0 aromatic heterocycles. The van der Waals surface area contributed by atoms with E-state index in [1.54, 1.807) is 6.07 Å². The molecule has 0 radical (unpaired) electrons. The molecule has 1 fully saturated rings. The molecule has 2 rings (SSSR count). The van der Waals surface area contributed by atoms with Gasteiger partial charge in [-0.3, -0.25) is 0 Å². The lowest BCUT2D eigenvalue weighted by molar-refractivity contribution is -0.287. The lowest BCUT2D eigenvalue weighted by Crippen LogP contribution is -2.58. The van der Waals surface area contributed by atoms with Crippen LogP contribution in [0.2, 0.25) is 0 Å². The number of methoxy groups -OCH3 is 1. The van der Waals surface area contributed by atoms with Gasteiger partial charge in [-0.05, 0) is 23.8 Å². The maximum absolute atomic E-state index is 11.7. The highest BCUT2D eigenvalue weighted by atomic mass is 16.6. The number of aliphatic hydroxyl groups is 4. The Morgan fingerprint density at radius 1 is 1.20 bits per heavy atom. The number of phenols is 1. The second-order valence-electron chi connectivity index (χ2n) is 5.43. The Labute approximate surface area is 143 Å². The fraction of sp³-hybridized carbons (Fsp3) is 0.438. The van der Waals surface area contributed by atoms with Crippen LogP contribution < -0.4 is 4.74 Å². The molecule has 9 nitrogen and oxygen atoms in total. The van der Waals surface area contributed by atoms with Crippen LogP contribution in [0.15, 0.2) is 24.3 Å². The van der Waals surface area contributed by atoms with Crippen molar-refractivity contribution in [2.75, 3.05) is 13.7 Å². The van der Waals surface area contributed by atoms with E-state index in [4.69, 9.17) is 14.2 Å². The molecular weight excluding hydrogens is 336 g/mol. The zero-order valence-electron chi connectivity index (χ0n) is 13.3. The van der Waals surface area contributed by atoms with E-state index in [1.165, 1.54) is 25.3 Å². The number of benzene rings is 1. The Morgan fingerprint density at radius 2 is 1.92 bits per heavy atom. The third-order valence-electron chi connectivity index (χ3n) is 3.69. The minimum absolute atomic E-state index is 0.0371. The van der Waals surface area contributed by atoms with Gasteiger partial charge in [-0.25, -0.2) is 4.79 Å². The number of esters is 1. The Hall–Kier alpha value is -2.17. The van der Waals surface area contributed by atoms with Crippen LogP contribution in [0.3, 0.4) is 0 Å². The Kier molecular flexibility index (Phi) is 6.34. The first-order chi connectivity index (χ1) is 11.8. The molecule has 1 aliphatic rings. The number of hydrogen-bond acceptors (Lipinski definition) is 9. The van der Waals surface area contributed by atoms with Gasteiger partial charge < -0.3 is 39.7 Å². The second kappa shape index (κ2) is 8.28. The zero-order chi connectivity index (χ0) is 18.6. The molecule has 138 valence electrons. The van der Waals surface area contributed by atoms with Crippen molar-refractivity contribution in [3.63, 3.8) is 0 Å². The highest BCUT2D eigenvalue weighted by Gasteiger charge is 2.43. The Bertz CT molecular complexity index is 630. The van der Waals surface area contributed by atoms with Crippen LogP contribution >= 0.6 is 0 Å². The van der Waals surface area contributed by atoms with E-state index in [0.29, 0.717) is 5.56 Å². The maximum Gasteiger partial charge on any atom is 0.330 e. The molecular formula is C16H20O9. The number of carbonyl (C=O) groups excluding carboxylic acids is 1. The summed E-state index contributed by atoms with van der Waals surface area (Å²) in [6.45, 7) is -0.427. The molecule has 1 aromatic rings. The zero-order valence-corrected chi connectivity index (χ0v) is 13.3. The minimum atomic E-state index is -1.69. The topological polar surface area (TPSA) is 146 Å². The van der Waals surface area contributed by atoms with E-state index in [-0.39, 0.29) is 11.5 Å². The molecule has 1 heterocycles. The maximum atomic E-state index is 11.7. The predicted molar refractivity (Wildman–Crippen MR) is 83.6 cm³/mol. The van der Waals surface area contributed by atoms with Crippen molar-refractivity contribution < 1.29 is 44.5 Å². The SMILES string of the molecule is COc1cc(/C=C/C(=O)OC[C@H]2OC(O)[C@H](O)[C@@H](O)[C@@H]2O)ccc1O. The van der Waals surface area contributed by atoms with Crippen LogP contribution in [-0.4, -0.2) is 75.9 Å². The quantitative estimate of drug-likeness (QED) is 0.323. The minimum Gasteiger partial charge on any atom is -0.504 e. The molecule has 0 bridgehead atoms. The third-order valence-corrected chi connectivity index (χ3v) is 3.69. The first kappa shape index (κ1) is 19.2. The van der Waals surface area contributed by atoms with Crippen LogP contribution in [0.5, 0.6) is 11.5 Å². The van der Waals surface area contributed by atoms with Crippen LogP contribution in [0.25, 0.3) is 6.08 Å². The van der Waals surface area contributed by atoms with Gasteiger partial charge in [0.15, 0.2) is 17.8 Å². The fourth-order valence-corrected chi connectivity index (χ4v) is 2.24. The second-order valence-corrected chi connectivity index (χ2v) is 5.43. The van der Waals surface area contributed by atoms with Gasteiger partial charge in [0.25, 0.3) is 0 Å². The molecule has 1 unspecified atom stereocenters. The van der Waals surface area contributed by atoms with E-state index in [0.717, 1.165) is 6.08 Å². The Balaban J connectivity index is 1.90. The van der Waals surface area contributed by atoms with Gasteiger partial charge in [0.05, 0.1) is 7.11 Å². The molecule has 5 N–H and O–H groups in total. The number of ether oxygens (including phenoxy) is 3. The van der Waals surface area contributed by atoms with Crippen molar-refractivity contribution in [1.29, 1.82) is 0 Å².